The Morgan fingerprint density at radius 1 is 0.367 bits per heavy atom. The lowest BCUT2D eigenvalue weighted by Gasteiger charge is -2.26. The molecule has 2 heterocycles. The van der Waals surface area contributed by atoms with Crippen molar-refractivity contribution in [2.24, 2.45) is 0 Å². The lowest BCUT2D eigenvalue weighted by atomic mass is 9.90. The number of hydrogen-bond acceptors (Lipinski definition) is 0. The summed E-state index contributed by atoms with van der Waals surface area (Å²) in [4.78, 5) is 0. The molecule has 0 saturated heterocycles. The summed E-state index contributed by atoms with van der Waals surface area (Å²) in [6.45, 7) is 32.3. The van der Waals surface area contributed by atoms with E-state index in [2.05, 4.69) is 41.5 Å². The number of halogens is 5. The normalized spacial score (nSPS) is 12.4. The zero-order chi connectivity index (χ0) is 44.1. The molecule has 0 aliphatic heterocycles. The second kappa shape index (κ2) is 13.5. The van der Waals surface area contributed by atoms with E-state index in [9.17, 15) is 0 Å². The highest BCUT2D eigenvalue weighted by molar-refractivity contribution is 6.17. The first-order chi connectivity index (χ1) is 28.0. The van der Waals surface area contributed by atoms with Crippen molar-refractivity contribution < 1.29 is 22.0 Å². The average molecular weight is 813 g/mol. The van der Waals surface area contributed by atoms with E-state index >= 15 is 22.0 Å². The van der Waals surface area contributed by atoms with Gasteiger partial charge in [0.25, 0.3) is 0 Å². The largest absolute Gasteiger partial charge is 0.420 e. The van der Waals surface area contributed by atoms with Crippen LogP contribution in [0.5, 0.6) is 0 Å². The smallest absolute Gasteiger partial charge is 0.308 e. The molecule has 310 valence electrons. The Hall–Kier alpha value is -5.43. The first-order valence-corrected chi connectivity index (χ1v) is 20.7. The molecule has 2 nitrogen and oxygen atoms in total. The predicted octanol–water partition coefficient (Wildman–Crippen LogP) is 15.8. The van der Waals surface area contributed by atoms with Gasteiger partial charge in [0, 0.05) is 27.1 Å². The highest BCUT2D eigenvalue weighted by atomic mass is 19.4. The van der Waals surface area contributed by atoms with Crippen LogP contribution >= 0.6 is 0 Å². The van der Waals surface area contributed by atoms with E-state index in [0.717, 1.165) is 123 Å². The van der Waals surface area contributed by atoms with Crippen LogP contribution in [-0.4, -0.2) is 9.13 Å². The van der Waals surface area contributed by atoms with Gasteiger partial charge in [-0.15, -0.1) is 0 Å². The van der Waals surface area contributed by atoms with E-state index in [-0.39, 0.29) is 16.9 Å². The molecular formula is C53H53F5N2. The number of rotatable bonds is 3. The summed E-state index contributed by atoms with van der Waals surface area (Å²) in [6.07, 6.45) is -5.01. The number of nitrogens with zero attached hydrogens (tertiary/aromatic N) is 2. The molecule has 0 fully saturated rings. The van der Waals surface area contributed by atoms with E-state index in [1.54, 1.807) is 4.57 Å². The Bertz CT molecular complexity index is 3080. The average Bonchev–Trinajstić information content (AvgIpc) is 3.75. The number of alkyl halides is 3. The molecule has 0 saturated carbocycles. The number of fused-ring (bicyclic) bond motifs is 6. The Balaban J connectivity index is 1.79. The molecule has 0 bridgehead atoms. The first-order valence-electron chi connectivity index (χ1n) is 20.7. The van der Waals surface area contributed by atoms with Crippen molar-refractivity contribution in [2.45, 2.75) is 117 Å². The van der Waals surface area contributed by atoms with Crippen molar-refractivity contribution in [3.05, 3.63) is 137 Å². The summed E-state index contributed by atoms with van der Waals surface area (Å²) in [6, 6.07) is 6.42. The summed E-state index contributed by atoms with van der Waals surface area (Å²) in [5.41, 5.74) is 16.1. The van der Waals surface area contributed by atoms with Crippen LogP contribution < -0.4 is 0 Å². The lowest BCUT2D eigenvalue weighted by molar-refractivity contribution is -0.137. The van der Waals surface area contributed by atoms with Gasteiger partial charge < -0.3 is 9.13 Å². The minimum atomic E-state index is -5.01. The number of benzene rings is 6. The molecule has 8 aromatic rings. The fourth-order valence-corrected chi connectivity index (χ4v) is 10.4. The first kappa shape index (κ1) is 41.3. The van der Waals surface area contributed by atoms with Gasteiger partial charge in [0.05, 0.1) is 39.0 Å². The van der Waals surface area contributed by atoms with Crippen LogP contribution in [0.3, 0.4) is 0 Å². The van der Waals surface area contributed by atoms with Crippen LogP contribution in [0.15, 0.2) is 30.3 Å². The van der Waals surface area contributed by atoms with Gasteiger partial charge in [-0.3, -0.25) is 0 Å². The van der Waals surface area contributed by atoms with Crippen LogP contribution in [0.25, 0.3) is 66.1 Å². The van der Waals surface area contributed by atoms with E-state index in [0.29, 0.717) is 22.1 Å². The summed E-state index contributed by atoms with van der Waals surface area (Å²) in [5.74, 6) is -1.88. The highest BCUT2D eigenvalue weighted by Gasteiger charge is 2.42. The fraction of sp³-hybridized carbons (Fsp3) is 0.321. The molecule has 0 amide bonds. The summed E-state index contributed by atoms with van der Waals surface area (Å²) >= 11 is 0. The summed E-state index contributed by atoms with van der Waals surface area (Å²) in [7, 11) is 0. The minimum Gasteiger partial charge on any atom is -0.308 e. The van der Waals surface area contributed by atoms with Crippen molar-refractivity contribution in [2.75, 3.05) is 0 Å². The second-order valence-corrected chi connectivity index (χ2v) is 17.5. The molecule has 0 radical (unpaired) electrons. The zero-order valence-electron chi connectivity index (χ0n) is 37.7. The topological polar surface area (TPSA) is 9.86 Å². The van der Waals surface area contributed by atoms with Gasteiger partial charge >= 0.3 is 6.18 Å². The standard InChI is InChI=1S/C53H53F5N2/c1-22-26(5)34(13)48-42(30(22)9)43-31(10)23(2)27(6)35(14)49(43)59(48)41-21-20-38(46-39(54)18-17-19-40(46)55)52(47(41)53(56,57)58)60-50-36(15)28(7)24(3)32(11)44(50)45-33(12)25(4)29(8)37(16)51(45)60/h17-21H,1-16H3. The monoisotopic (exact) mass is 812 g/mol. The van der Waals surface area contributed by atoms with Gasteiger partial charge in [-0.2, -0.15) is 13.2 Å². The quantitative estimate of drug-likeness (QED) is 0.157. The maximum Gasteiger partial charge on any atom is 0.420 e. The van der Waals surface area contributed by atoms with Gasteiger partial charge in [0.1, 0.15) is 17.2 Å². The Labute approximate surface area is 349 Å². The molecule has 0 aliphatic carbocycles. The van der Waals surface area contributed by atoms with Crippen LogP contribution in [-0.2, 0) is 6.18 Å². The molecule has 7 heteroatoms. The minimum absolute atomic E-state index is 0.0964. The van der Waals surface area contributed by atoms with Gasteiger partial charge in [-0.1, -0.05) is 6.07 Å². The van der Waals surface area contributed by atoms with Crippen molar-refractivity contribution in [3.63, 3.8) is 0 Å². The zero-order valence-corrected chi connectivity index (χ0v) is 37.7. The number of aryl methyl sites for hydroxylation is 8. The lowest BCUT2D eigenvalue weighted by Crippen LogP contribution is -2.18. The molecule has 6 aromatic carbocycles. The summed E-state index contributed by atoms with van der Waals surface area (Å²) < 4.78 is 87.4. The molecule has 8 rings (SSSR count). The molecule has 0 unspecified atom stereocenters. The van der Waals surface area contributed by atoms with Gasteiger partial charge in [-0.25, -0.2) is 8.78 Å². The van der Waals surface area contributed by atoms with Gasteiger partial charge in [-0.05, 0) is 224 Å². The van der Waals surface area contributed by atoms with Crippen molar-refractivity contribution in [3.8, 4) is 22.5 Å². The Morgan fingerprint density at radius 3 is 0.983 bits per heavy atom. The van der Waals surface area contributed by atoms with Gasteiger partial charge in [0.15, 0.2) is 0 Å². The van der Waals surface area contributed by atoms with Crippen molar-refractivity contribution in [1.82, 2.24) is 9.13 Å². The van der Waals surface area contributed by atoms with Crippen molar-refractivity contribution >= 4 is 43.6 Å². The van der Waals surface area contributed by atoms with E-state index in [1.165, 1.54) is 18.2 Å². The maximum atomic E-state index is 17.1. The molecule has 0 atom stereocenters. The maximum absolute atomic E-state index is 17.1. The van der Waals surface area contributed by atoms with E-state index < -0.39 is 28.9 Å². The Morgan fingerprint density at radius 2 is 0.667 bits per heavy atom. The predicted molar refractivity (Wildman–Crippen MR) is 241 cm³/mol. The molecule has 0 aliphatic rings. The molecular weight excluding hydrogens is 760 g/mol. The fourth-order valence-electron chi connectivity index (χ4n) is 10.4. The second-order valence-electron chi connectivity index (χ2n) is 17.5. The van der Waals surface area contributed by atoms with Crippen LogP contribution in [0.2, 0.25) is 0 Å². The third-order valence-corrected chi connectivity index (χ3v) is 15.1. The third kappa shape index (κ3) is 5.23. The van der Waals surface area contributed by atoms with Crippen molar-refractivity contribution in [1.29, 1.82) is 0 Å². The third-order valence-electron chi connectivity index (χ3n) is 15.1. The SMILES string of the molecule is Cc1c(C)c(C)c2c(c1C)c1c(C)c(C)c(C)c(C)c1n2-c1ccc(-c2c(F)cccc2F)c(-n2c3c(C)c(C)c(C)c(C)c3c3c(C)c(C)c(C)c(C)c32)c1C(F)(F)F. The van der Waals surface area contributed by atoms with Crippen LogP contribution in [0.4, 0.5) is 22.0 Å². The van der Waals surface area contributed by atoms with Gasteiger partial charge in [0.2, 0.25) is 0 Å². The summed E-state index contributed by atoms with van der Waals surface area (Å²) in [5, 5.41) is 3.53. The highest BCUT2D eigenvalue weighted by Crippen LogP contribution is 2.52. The van der Waals surface area contributed by atoms with Crippen LogP contribution in [0.1, 0.15) is 94.6 Å². The number of aromatic nitrogens is 2. The molecule has 0 spiro atoms. The van der Waals surface area contributed by atoms with E-state index in [1.807, 2.05) is 73.8 Å². The van der Waals surface area contributed by atoms with Crippen LogP contribution in [0, 0.1) is 122 Å². The molecule has 2 aromatic heterocycles. The molecule has 60 heavy (non-hydrogen) atoms. The molecule has 0 N–H and O–H groups in total. The number of hydrogen-bond donors (Lipinski definition) is 0. The van der Waals surface area contributed by atoms with E-state index in [4.69, 9.17) is 0 Å². The Kier molecular flexibility index (Phi) is 9.32.